The summed E-state index contributed by atoms with van der Waals surface area (Å²) in [6.07, 6.45) is 1.07. The van der Waals surface area contributed by atoms with Crippen molar-refractivity contribution in [3.05, 3.63) is 23.7 Å². The topological polar surface area (TPSA) is 67.5 Å². The first-order valence-corrected chi connectivity index (χ1v) is 5.39. The number of Topliss-reactive ketones (excluding diaryl/α,β-unsaturated/α-hetero) is 1. The minimum absolute atomic E-state index is 0.122. The van der Waals surface area contributed by atoms with Gasteiger partial charge in [-0.3, -0.25) is 9.59 Å². The molecule has 86 valence electrons. The van der Waals surface area contributed by atoms with Crippen LogP contribution in [-0.4, -0.2) is 16.9 Å². The molecular formula is C12H14O4. The molecule has 1 fully saturated rings. The second-order valence-corrected chi connectivity index (χ2v) is 4.28. The van der Waals surface area contributed by atoms with Crippen LogP contribution in [0.1, 0.15) is 36.7 Å². The molecule has 0 amide bonds. The van der Waals surface area contributed by atoms with E-state index in [9.17, 15) is 9.59 Å². The summed E-state index contributed by atoms with van der Waals surface area (Å²) >= 11 is 0. The molecule has 1 aromatic heterocycles. The van der Waals surface area contributed by atoms with Gasteiger partial charge in [0.1, 0.15) is 17.3 Å². The third-order valence-electron chi connectivity index (χ3n) is 3.11. The fraction of sp³-hybridized carbons (Fsp3) is 0.500. The van der Waals surface area contributed by atoms with E-state index in [1.54, 1.807) is 12.1 Å². The van der Waals surface area contributed by atoms with Gasteiger partial charge in [0.25, 0.3) is 0 Å². The van der Waals surface area contributed by atoms with Gasteiger partial charge < -0.3 is 9.52 Å². The lowest BCUT2D eigenvalue weighted by Crippen LogP contribution is -2.29. The standard InChI is InChI=1S/C12H14O4/c1-7-2-5-11(16-7)10-6-8(13)3-4-9(10)12(14)15/h2,5,9-10H,3-4,6H2,1H3,(H,14,15). The van der Waals surface area contributed by atoms with Gasteiger partial charge in [-0.05, 0) is 25.5 Å². The molecule has 1 aliphatic rings. The van der Waals surface area contributed by atoms with Gasteiger partial charge in [-0.2, -0.15) is 0 Å². The highest BCUT2D eigenvalue weighted by atomic mass is 16.4. The van der Waals surface area contributed by atoms with Crippen LogP contribution in [0.3, 0.4) is 0 Å². The van der Waals surface area contributed by atoms with E-state index in [1.807, 2.05) is 6.92 Å². The zero-order chi connectivity index (χ0) is 11.7. The van der Waals surface area contributed by atoms with Crippen molar-refractivity contribution in [1.82, 2.24) is 0 Å². The predicted molar refractivity (Wildman–Crippen MR) is 56.2 cm³/mol. The molecule has 4 heteroatoms. The van der Waals surface area contributed by atoms with E-state index in [0.29, 0.717) is 18.6 Å². The number of aryl methyl sites for hydroxylation is 1. The molecule has 1 saturated carbocycles. The van der Waals surface area contributed by atoms with E-state index in [2.05, 4.69) is 0 Å². The molecule has 0 radical (unpaired) electrons. The minimum Gasteiger partial charge on any atom is -0.481 e. The van der Waals surface area contributed by atoms with Crippen molar-refractivity contribution in [2.45, 2.75) is 32.1 Å². The first-order chi connectivity index (χ1) is 7.58. The van der Waals surface area contributed by atoms with Crippen LogP contribution in [0, 0.1) is 12.8 Å². The number of carbonyl (C=O) groups is 2. The molecular weight excluding hydrogens is 208 g/mol. The van der Waals surface area contributed by atoms with E-state index in [4.69, 9.17) is 9.52 Å². The maximum absolute atomic E-state index is 11.4. The molecule has 2 atom stereocenters. The monoisotopic (exact) mass is 222 g/mol. The highest BCUT2D eigenvalue weighted by molar-refractivity contribution is 5.83. The van der Waals surface area contributed by atoms with Crippen molar-refractivity contribution in [2.75, 3.05) is 0 Å². The van der Waals surface area contributed by atoms with Crippen LogP contribution in [0.15, 0.2) is 16.5 Å². The maximum atomic E-state index is 11.4. The van der Waals surface area contributed by atoms with Gasteiger partial charge in [0.05, 0.1) is 5.92 Å². The van der Waals surface area contributed by atoms with Crippen LogP contribution in [-0.2, 0) is 9.59 Å². The largest absolute Gasteiger partial charge is 0.481 e. The summed E-state index contributed by atoms with van der Waals surface area (Å²) in [5.74, 6) is -0.145. The first kappa shape index (κ1) is 10.9. The number of ketones is 1. The Kier molecular flexibility index (Phi) is 2.81. The van der Waals surface area contributed by atoms with Crippen molar-refractivity contribution in [1.29, 1.82) is 0 Å². The molecule has 2 rings (SSSR count). The molecule has 4 nitrogen and oxygen atoms in total. The fourth-order valence-electron chi connectivity index (χ4n) is 2.25. The Hall–Kier alpha value is -1.58. The molecule has 0 aromatic carbocycles. The second kappa shape index (κ2) is 4.12. The van der Waals surface area contributed by atoms with Crippen molar-refractivity contribution < 1.29 is 19.1 Å². The molecule has 16 heavy (non-hydrogen) atoms. The number of carboxylic acid groups (broad SMARTS) is 1. The Morgan fingerprint density at radius 1 is 1.50 bits per heavy atom. The van der Waals surface area contributed by atoms with Crippen molar-refractivity contribution in [2.24, 2.45) is 5.92 Å². The van der Waals surface area contributed by atoms with E-state index >= 15 is 0 Å². The molecule has 1 heterocycles. The lowest BCUT2D eigenvalue weighted by Gasteiger charge is -2.25. The Morgan fingerprint density at radius 2 is 2.25 bits per heavy atom. The first-order valence-electron chi connectivity index (χ1n) is 5.39. The zero-order valence-corrected chi connectivity index (χ0v) is 9.10. The van der Waals surface area contributed by atoms with Gasteiger partial charge in [0, 0.05) is 18.8 Å². The van der Waals surface area contributed by atoms with Gasteiger partial charge in [-0.1, -0.05) is 0 Å². The lowest BCUT2D eigenvalue weighted by atomic mass is 9.77. The van der Waals surface area contributed by atoms with Crippen LogP contribution in [0.5, 0.6) is 0 Å². The second-order valence-electron chi connectivity index (χ2n) is 4.28. The van der Waals surface area contributed by atoms with Crippen molar-refractivity contribution in [3.8, 4) is 0 Å². The molecule has 0 spiro atoms. The van der Waals surface area contributed by atoms with Gasteiger partial charge in [-0.15, -0.1) is 0 Å². The van der Waals surface area contributed by atoms with Gasteiger partial charge >= 0.3 is 5.97 Å². The maximum Gasteiger partial charge on any atom is 0.307 e. The Labute approximate surface area is 93.3 Å². The molecule has 1 aromatic rings. The quantitative estimate of drug-likeness (QED) is 0.832. The van der Waals surface area contributed by atoms with Crippen molar-refractivity contribution in [3.63, 3.8) is 0 Å². The third-order valence-corrected chi connectivity index (χ3v) is 3.11. The number of furan rings is 1. The average Bonchev–Trinajstić information content (AvgIpc) is 2.64. The minimum atomic E-state index is -0.841. The highest BCUT2D eigenvalue weighted by Crippen LogP contribution is 2.37. The Bertz CT molecular complexity index is 418. The molecule has 1 aliphatic carbocycles. The number of rotatable bonds is 2. The van der Waals surface area contributed by atoms with Crippen molar-refractivity contribution >= 4 is 11.8 Å². The summed E-state index contributed by atoms with van der Waals surface area (Å²) in [5, 5.41) is 9.11. The zero-order valence-electron chi connectivity index (χ0n) is 9.10. The Morgan fingerprint density at radius 3 is 2.81 bits per heavy atom. The van der Waals surface area contributed by atoms with E-state index in [1.165, 1.54) is 0 Å². The number of hydrogen-bond donors (Lipinski definition) is 1. The summed E-state index contributed by atoms with van der Waals surface area (Å²) in [7, 11) is 0. The molecule has 0 aliphatic heterocycles. The summed E-state index contributed by atoms with van der Waals surface area (Å²) in [6.45, 7) is 1.81. The predicted octanol–water partition coefficient (Wildman–Crippen LogP) is 2.13. The number of carbonyl (C=O) groups excluding carboxylic acids is 1. The summed E-state index contributed by atoms with van der Waals surface area (Å²) in [5.41, 5.74) is 0. The van der Waals surface area contributed by atoms with E-state index in [-0.39, 0.29) is 18.1 Å². The third kappa shape index (κ3) is 2.01. The van der Waals surface area contributed by atoms with Crippen LogP contribution in [0.4, 0.5) is 0 Å². The van der Waals surface area contributed by atoms with Crippen LogP contribution in [0.25, 0.3) is 0 Å². The van der Waals surface area contributed by atoms with E-state index in [0.717, 1.165) is 5.76 Å². The smallest absolute Gasteiger partial charge is 0.307 e. The average molecular weight is 222 g/mol. The fourth-order valence-corrected chi connectivity index (χ4v) is 2.25. The summed E-state index contributed by atoms with van der Waals surface area (Å²) in [6, 6.07) is 3.57. The van der Waals surface area contributed by atoms with Crippen LogP contribution < -0.4 is 0 Å². The van der Waals surface area contributed by atoms with Gasteiger partial charge in [0.15, 0.2) is 0 Å². The van der Waals surface area contributed by atoms with Crippen LogP contribution >= 0.6 is 0 Å². The summed E-state index contributed by atoms with van der Waals surface area (Å²) in [4.78, 5) is 22.5. The molecule has 1 N–H and O–H groups in total. The summed E-state index contributed by atoms with van der Waals surface area (Å²) < 4.78 is 5.44. The van der Waals surface area contributed by atoms with E-state index < -0.39 is 11.9 Å². The number of hydrogen-bond acceptors (Lipinski definition) is 3. The SMILES string of the molecule is Cc1ccc(C2CC(=O)CCC2C(=O)O)o1. The van der Waals surface area contributed by atoms with Crippen LogP contribution in [0.2, 0.25) is 0 Å². The number of aliphatic carboxylic acids is 1. The molecule has 0 bridgehead atoms. The molecule has 2 unspecified atom stereocenters. The Balaban J connectivity index is 2.27. The van der Waals surface area contributed by atoms with Gasteiger partial charge in [0.2, 0.25) is 0 Å². The molecule has 0 saturated heterocycles. The normalized spacial score (nSPS) is 25.7. The highest BCUT2D eigenvalue weighted by Gasteiger charge is 2.36. The van der Waals surface area contributed by atoms with Gasteiger partial charge in [-0.25, -0.2) is 0 Å². The lowest BCUT2D eigenvalue weighted by molar-refractivity contribution is -0.144. The number of carboxylic acids is 1.